The molecule has 0 saturated heterocycles. The summed E-state index contributed by atoms with van der Waals surface area (Å²) >= 11 is 1.54. The van der Waals surface area contributed by atoms with Gasteiger partial charge in [-0.05, 0) is 38.5 Å². The van der Waals surface area contributed by atoms with Crippen LogP contribution in [0.2, 0.25) is 0 Å². The van der Waals surface area contributed by atoms with Crippen LogP contribution in [0.4, 0.5) is 0 Å². The Hall–Kier alpha value is -1.68. The van der Waals surface area contributed by atoms with Crippen molar-refractivity contribution in [1.29, 1.82) is 0 Å². The topological polar surface area (TPSA) is 39.2 Å². The average Bonchev–Trinajstić information content (AvgIpc) is 2.86. The van der Waals surface area contributed by atoms with Gasteiger partial charge in [0, 0.05) is 16.6 Å². The van der Waals surface area contributed by atoms with Gasteiger partial charge in [-0.2, -0.15) is 0 Å². The Morgan fingerprint density at radius 3 is 2.79 bits per heavy atom. The largest absolute Gasteiger partial charge is 0.489 e. The Balaban J connectivity index is 2.23. The van der Waals surface area contributed by atoms with E-state index in [4.69, 9.17) is 4.74 Å². The van der Waals surface area contributed by atoms with E-state index in [1.54, 1.807) is 18.5 Å². The number of aryl methyl sites for hydroxylation is 1. The van der Waals surface area contributed by atoms with Crippen LogP contribution in [0.15, 0.2) is 30.6 Å². The molecule has 0 saturated carbocycles. The maximum absolute atomic E-state index is 12.3. The third-order valence-electron chi connectivity index (χ3n) is 2.58. The number of ether oxygens (including phenoxy) is 1. The van der Waals surface area contributed by atoms with Crippen LogP contribution in [0.25, 0.3) is 0 Å². The Morgan fingerprint density at radius 1 is 1.37 bits per heavy atom. The smallest absolute Gasteiger partial charge is 0.204 e. The molecule has 0 bridgehead atoms. The predicted octanol–water partition coefficient (Wildman–Crippen LogP) is 3.72. The highest BCUT2D eigenvalue weighted by Crippen LogP contribution is 2.22. The molecule has 2 aromatic rings. The summed E-state index contributed by atoms with van der Waals surface area (Å²) in [5.74, 6) is 0.638. The van der Waals surface area contributed by atoms with E-state index in [9.17, 15) is 4.79 Å². The lowest BCUT2D eigenvalue weighted by Crippen LogP contribution is -2.07. The minimum absolute atomic E-state index is 0.00593. The monoisotopic (exact) mass is 275 g/mol. The summed E-state index contributed by atoms with van der Waals surface area (Å²) in [6.45, 7) is 5.97. The molecule has 0 aromatic carbocycles. The number of rotatable bonds is 5. The molecular formula is C15H17NO2S. The third kappa shape index (κ3) is 3.41. The van der Waals surface area contributed by atoms with E-state index in [0.717, 1.165) is 11.3 Å². The number of hydrogen-bond donors (Lipinski definition) is 0. The molecule has 3 nitrogen and oxygen atoms in total. The van der Waals surface area contributed by atoms with Gasteiger partial charge in [0.25, 0.3) is 0 Å². The van der Waals surface area contributed by atoms with Gasteiger partial charge >= 0.3 is 0 Å². The molecule has 0 unspecified atom stereocenters. The van der Waals surface area contributed by atoms with Gasteiger partial charge in [0.15, 0.2) is 0 Å². The van der Waals surface area contributed by atoms with Crippen LogP contribution in [-0.4, -0.2) is 16.9 Å². The number of carbonyl (C=O) groups excluding carboxylic acids is 1. The summed E-state index contributed by atoms with van der Waals surface area (Å²) in [6.07, 6.45) is 4.23. The first-order valence-electron chi connectivity index (χ1n) is 6.35. The van der Waals surface area contributed by atoms with Gasteiger partial charge in [-0.15, -0.1) is 11.3 Å². The van der Waals surface area contributed by atoms with Gasteiger partial charge in [0.2, 0.25) is 5.78 Å². The van der Waals surface area contributed by atoms with Crippen LogP contribution in [0.1, 0.15) is 40.9 Å². The standard InChI is InChI=1S/C15H17NO2S/c1-4-13-5-6-14(19-13)15(17)11-7-12(9-16-8-11)18-10(2)3/h5-10H,4H2,1-3H3. The van der Waals surface area contributed by atoms with Crippen molar-refractivity contribution in [3.63, 3.8) is 0 Å². The molecule has 0 atom stereocenters. The normalized spacial score (nSPS) is 10.7. The highest BCUT2D eigenvalue weighted by Gasteiger charge is 2.13. The first kappa shape index (κ1) is 13.7. The number of nitrogens with zero attached hydrogens (tertiary/aromatic N) is 1. The first-order chi connectivity index (χ1) is 9.10. The molecule has 2 rings (SSSR count). The Bertz CT molecular complexity index is 575. The lowest BCUT2D eigenvalue weighted by Gasteiger charge is -2.09. The van der Waals surface area contributed by atoms with E-state index in [-0.39, 0.29) is 11.9 Å². The van der Waals surface area contributed by atoms with Crippen molar-refractivity contribution in [3.8, 4) is 5.75 Å². The molecule has 4 heteroatoms. The van der Waals surface area contributed by atoms with Gasteiger partial charge in [-0.25, -0.2) is 0 Å². The Kier molecular flexibility index (Phi) is 4.32. The second-order valence-electron chi connectivity index (χ2n) is 4.52. The van der Waals surface area contributed by atoms with E-state index in [2.05, 4.69) is 11.9 Å². The number of carbonyl (C=O) groups is 1. The van der Waals surface area contributed by atoms with Gasteiger partial charge < -0.3 is 4.74 Å². The molecule has 0 aliphatic carbocycles. The number of pyridine rings is 1. The summed E-state index contributed by atoms with van der Waals surface area (Å²) in [6, 6.07) is 5.63. The zero-order valence-corrected chi connectivity index (χ0v) is 12.2. The van der Waals surface area contributed by atoms with E-state index in [1.165, 1.54) is 16.2 Å². The van der Waals surface area contributed by atoms with E-state index in [0.29, 0.717) is 11.3 Å². The van der Waals surface area contributed by atoms with Gasteiger partial charge in [0.1, 0.15) is 5.75 Å². The second kappa shape index (κ2) is 5.97. The molecule has 0 spiro atoms. The molecule has 0 fully saturated rings. The third-order valence-corrected chi connectivity index (χ3v) is 3.81. The maximum Gasteiger partial charge on any atom is 0.204 e. The van der Waals surface area contributed by atoms with Crippen molar-refractivity contribution < 1.29 is 9.53 Å². The first-order valence-corrected chi connectivity index (χ1v) is 7.17. The Morgan fingerprint density at radius 2 is 2.16 bits per heavy atom. The minimum atomic E-state index is 0.00593. The number of ketones is 1. The molecule has 100 valence electrons. The minimum Gasteiger partial charge on any atom is -0.489 e. The van der Waals surface area contributed by atoms with E-state index >= 15 is 0 Å². The molecular weight excluding hydrogens is 258 g/mol. The molecule has 0 aliphatic heterocycles. The van der Waals surface area contributed by atoms with Crippen LogP contribution >= 0.6 is 11.3 Å². The number of aromatic nitrogens is 1. The highest BCUT2D eigenvalue weighted by atomic mass is 32.1. The number of thiophene rings is 1. The lowest BCUT2D eigenvalue weighted by molar-refractivity contribution is 0.104. The summed E-state index contributed by atoms with van der Waals surface area (Å²) < 4.78 is 5.56. The van der Waals surface area contributed by atoms with E-state index in [1.807, 2.05) is 26.0 Å². The average molecular weight is 275 g/mol. The summed E-state index contributed by atoms with van der Waals surface area (Å²) in [5.41, 5.74) is 0.572. The van der Waals surface area contributed by atoms with Crippen LogP contribution in [0.3, 0.4) is 0 Å². The van der Waals surface area contributed by atoms with Crippen LogP contribution in [0, 0.1) is 0 Å². The van der Waals surface area contributed by atoms with Crippen molar-refractivity contribution in [1.82, 2.24) is 4.98 Å². The second-order valence-corrected chi connectivity index (χ2v) is 5.69. The Labute approximate surface area is 117 Å². The van der Waals surface area contributed by atoms with Crippen molar-refractivity contribution in [2.75, 3.05) is 0 Å². The van der Waals surface area contributed by atoms with Gasteiger partial charge in [-0.1, -0.05) is 6.92 Å². The van der Waals surface area contributed by atoms with Crippen LogP contribution in [0.5, 0.6) is 5.75 Å². The van der Waals surface area contributed by atoms with Crippen molar-refractivity contribution in [2.45, 2.75) is 33.3 Å². The van der Waals surface area contributed by atoms with Crippen molar-refractivity contribution in [2.24, 2.45) is 0 Å². The summed E-state index contributed by atoms with van der Waals surface area (Å²) in [7, 11) is 0. The van der Waals surface area contributed by atoms with Gasteiger partial charge in [0.05, 0.1) is 17.2 Å². The zero-order valence-electron chi connectivity index (χ0n) is 11.3. The highest BCUT2D eigenvalue weighted by molar-refractivity contribution is 7.14. The maximum atomic E-state index is 12.3. The fraction of sp³-hybridized carbons (Fsp3) is 0.333. The van der Waals surface area contributed by atoms with Crippen molar-refractivity contribution in [3.05, 3.63) is 45.9 Å². The van der Waals surface area contributed by atoms with Crippen LogP contribution < -0.4 is 4.74 Å². The quantitative estimate of drug-likeness (QED) is 0.781. The number of hydrogen-bond acceptors (Lipinski definition) is 4. The van der Waals surface area contributed by atoms with E-state index < -0.39 is 0 Å². The molecule has 0 radical (unpaired) electrons. The fourth-order valence-corrected chi connectivity index (χ4v) is 2.62. The fourth-order valence-electron chi connectivity index (χ4n) is 1.71. The molecule has 0 amide bonds. The molecule has 0 aliphatic rings. The molecule has 19 heavy (non-hydrogen) atoms. The summed E-state index contributed by atoms with van der Waals surface area (Å²) in [5, 5.41) is 0. The van der Waals surface area contributed by atoms with Crippen LogP contribution in [-0.2, 0) is 6.42 Å². The SMILES string of the molecule is CCc1ccc(C(=O)c2cncc(OC(C)C)c2)s1. The lowest BCUT2D eigenvalue weighted by atomic mass is 10.1. The summed E-state index contributed by atoms with van der Waals surface area (Å²) in [4.78, 5) is 18.4. The predicted molar refractivity (Wildman–Crippen MR) is 77.1 cm³/mol. The molecule has 2 aromatic heterocycles. The molecule has 2 heterocycles. The van der Waals surface area contributed by atoms with Gasteiger partial charge in [-0.3, -0.25) is 9.78 Å². The molecule has 0 N–H and O–H groups in total. The zero-order chi connectivity index (χ0) is 13.8. The van der Waals surface area contributed by atoms with Crippen molar-refractivity contribution >= 4 is 17.1 Å².